The predicted molar refractivity (Wildman–Crippen MR) is 88.7 cm³/mol. The number of hydrogen-bond donors (Lipinski definition) is 2. The third kappa shape index (κ3) is 3.55. The summed E-state index contributed by atoms with van der Waals surface area (Å²) in [6, 6.07) is 5.16. The number of carboxylic acids is 1. The molecule has 1 fully saturated rings. The van der Waals surface area contributed by atoms with Gasteiger partial charge in [0.1, 0.15) is 0 Å². The zero-order valence-electron chi connectivity index (χ0n) is 14.2. The first-order chi connectivity index (χ1) is 11.5. The van der Waals surface area contributed by atoms with E-state index in [1.807, 2.05) is 13.0 Å². The predicted octanol–water partition coefficient (Wildman–Crippen LogP) is 1.92. The number of benzene rings is 1. The van der Waals surface area contributed by atoms with E-state index in [4.69, 9.17) is 9.47 Å². The van der Waals surface area contributed by atoms with Crippen molar-refractivity contribution in [3.63, 3.8) is 0 Å². The van der Waals surface area contributed by atoms with E-state index in [9.17, 15) is 14.7 Å². The van der Waals surface area contributed by atoms with Crippen LogP contribution in [-0.4, -0.2) is 55.9 Å². The number of methoxy groups -OCH3 is 2. The van der Waals surface area contributed by atoms with Gasteiger partial charge in [-0.25, -0.2) is 4.79 Å². The molecule has 2 rings (SSSR count). The molecule has 1 aromatic carbocycles. The van der Waals surface area contributed by atoms with Crippen LogP contribution in [0.4, 0.5) is 4.79 Å². The van der Waals surface area contributed by atoms with E-state index >= 15 is 0 Å². The van der Waals surface area contributed by atoms with Gasteiger partial charge in [-0.1, -0.05) is 19.1 Å². The summed E-state index contributed by atoms with van der Waals surface area (Å²) in [7, 11) is 3.06. The highest BCUT2D eigenvalue weighted by Crippen LogP contribution is 2.41. The number of carbonyl (C=O) groups excluding carboxylic acids is 1. The lowest BCUT2D eigenvalue weighted by Crippen LogP contribution is -2.39. The van der Waals surface area contributed by atoms with Crippen molar-refractivity contribution >= 4 is 12.0 Å². The minimum Gasteiger partial charge on any atom is -0.493 e. The fourth-order valence-electron chi connectivity index (χ4n) is 3.08. The number of hydrogen-bond acceptors (Lipinski definition) is 4. The average Bonchev–Trinajstić information content (AvgIpc) is 3.04. The third-order valence-corrected chi connectivity index (χ3v) is 4.28. The first-order valence-electron chi connectivity index (χ1n) is 7.99. The summed E-state index contributed by atoms with van der Waals surface area (Å²) in [6.07, 6.45) is 0.828. The first kappa shape index (κ1) is 17.9. The Kier molecular flexibility index (Phi) is 5.89. The quantitative estimate of drug-likeness (QED) is 0.829. The van der Waals surface area contributed by atoms with Crippen molar-refractivity contribution < 1.29 is 24.2 Å². The number of amides is 2. The largest absolute Gasteiger partial charge is 0.493 e. The molecule has 2 N–H and O–H groups in total. The molecule has 0 unspecified atom stereocenters. The number of para-hydroxylation sites is 1. The Hall–Kier alpha value is -2.44. The Morgan fingerprint density at radius 3 is 2.62 bits per heavy atom. The van der Waals surface area contributed by atoms with Gasteiger partial charge in [0, 0.05) is 31.1 Å². The van der Waals surface area contributed by atoms with E-state index in [-0.39, 0.29) is 18.5 Å². The molecule has 1 aliphatic heterocycles. The molecule has 1 saturated heterocycles. The normalized spacial score (nSPS) is 19.9. The Morgan fingerprint density at radius 2 is 2.04 bits per heavy atom. The maximum Gasteiger partial charge on any atom is 0.317 e. The highest BCUT2D eigenvalue weighted by Gasteiger charge is 2.42. The minimum atomic E-state index is -0.921. The van der Waals surface area contributed by atoms with E-state index < -0.39 is 11.9 Å². The Labute approximate surface area is 141 Å². The van der Waals surface area contributed by atoms with E-state index in [1.165, 1.54) is 14.2 Å². The van der Waals surface area contributed by atoms with Gasteiger partial charge in [0.15, 0.2) is 11.5 Å². The van der Waals surface area contributed by atoms with Gasteiger partial charge in [-0.05, 0) is 12.5 Å². The van der Waals surface area contributed by atoms with Crippen molar-refractivity contribution in [1.29, 1.82) is 0 Å². The summed E-state index contributed by atoms with van der Waals surface area (Å²) in [5.74, 6) is -0.880. The third-order valence-electron chi connectivity index (χ3n) is 4.28. The topological polar surface area (TPSA) is 88.1 Å². The number of nitrogens with one attached hydrogen (secondary N) is 1. The molecule has 1 aliphatic rings. The maximum absolute atomic E-state index is 12.2. The summed E-state index contributed by atoms with van der Waals surface area (Å²) in [5.41, 5.74) is 0.745. The lowest BCUT2D eigenvalue weighted by atomic mass is 9.88. The second kappa shape index (κ2) is 7.90. The summed E-state index contributed by atoms with van der Waals surface area (Å²) in [5, 5.41) is 12.4. The number of aliphatic carboxylic acids is 1. The molecular weight excluding hydrogens is 312 g/mol. The van der Waals surface area contributed by atoms with Gasteiger partial charge in [-0.15, -0.1) is 0 Å². The lowest BCUT2D eigenvalue weighted by molar-refractivity contribution is -0.141. The summed E-state index contributed by atoms with van der Waals surface area (Å²) >= 11 is 0. The van der Waals surface area contributed by atoms with Crippen molar-refractivity contribution in [2.45, 2.75) is 19.3 Å². The SMILES string of the molecule is CCCNC(=O)N1C[C@@H](C(=O)O)[C@H](c2cccc(OC)c2OC)C1. The van der Waals surface area contributed by atoms with Crippen LogP contribution >= 0.6 is 0 Å². The van der Waals surface area contributed by atoms with Gasteiger partial charge in [0.25, 0.3) is 0 Å². The second-order valence-electron chi connectivity index (χ2n) is 5.77. The van der Waals surface area contributed by atoms with Gasteiger partial charge in [-0.3, -0.25) is 4.79 Å². The fraction of sp³-hybridized carbons (Fsp3) is 0.529. The van der Waals surface area contributed by atoms with Crippen molar-refractivity contribution in [2.75, 3.05) is 33.9 Å². The number of carboxylic acid groups (broad SMARTS) is 1. The highest BCUT2D eigenvalue weighted by atomic mass is 16.5. The molecule has 0 aliphatic carbocycles. The van der Waals surface area contributed by atoms with Crippen LogP contribution in [0, 0.1) is 5.92 Å². The van der Waals surface area contributed by atoms with Crippen molar-refractivity contribution in [2.24, 2.45) is 5.92 Å². The van der Waals surface area contributed by atoms with Crippen LogP contribution in [0.15, 0.2) is 18.2 Å². The molecule has 1 aromatic rings. The van der Waals surface area contributed by atoms with Gasteiger partial charge in [-0.2, -0.15) is 0 Å². The standard InChI is InChI=1S/C17H24N2O5/c1-4-8-18-17(22)19-9-12(13(10-19)16(20)21)11-6-5-7-14(23-2)15(11)24-3/h5-7,12-13H,4,8-10H2,1-3H3,(H,18,22)(H,20,21)/t12-,13+/m0/s1. The Morgan fingerprint density at radius 1 is 1.29 bits per heavy atom. The first-order valence-corrected chi connectivity index (χ1v) is 7.99. The molecule has 0 aromatic heterocycles. The maximum atomic E-state index is 12.2. The molecule has 132 valence electrons. The average molecular weight is 336 g/mol. The van der Waals surface area contributed by atoms with Gasteiger partial charge < -0.3 is 24.8 Å². The van der Waals surface area contributed by atoms with Crippen molar-refractivity contribution in [3.05, 3.63) is 23.8 Å². The molecule has 0 radical (unpaired) electrons. The van der Waals surface area contributed by atoms with Crippen LogP contribution < -0.4 is 14.8 Å². The number of nitrogens with zero attached hydrogens (tertiary/aromatic N) is 1. The van der Waals surface area contributed by atoms with E-state index in [0.717, 1.165) is 12.0 Å². The summed E-state index contributed by atoms with van der Waals surface area (Å²) in [6.45, 7) is 3.04. The molecule has 0 spiro atoms. The van der Waals surface area contributed by atoms with Crippen molar-refractivity contribution in [1.82, 2.24) is 10.2 Å². The second-order valence-corrected chi connectivity index (χ2v) is 5.77. The molecule has 0 bridgehead atoms. The number of carbonyl (C=O) groups is 2. The number of likely N-dealkylation sites (tertiary alicyclic amines) is 1. The van der Waals surface area contributed by atoms with Crippen LogP contribution in [-0.2, 0) is 4.79 Å². The molecule has 2 atom stereocenters. The molecule has 24 heavy (non-hydrogen) atoms. The molecule has 0 saturated carbocycles. The zero-order chi connectivity index (χ0) is 17.7. The lowest BCUT2D eigenvalue weighted by Gasteiger charge is -2.20. The van der Waals surface area contributed by atoms with Crippen LogP contribution in [0.5, 0.6) is 11.5 Å². The zero-order valence-corrected chi connectivity index (χ0v) is 14.2. The fourth-order valence-corrected chi connectivity index (χ4v) is 3.08. The van der Waals surface area contributed by atoms with E-state index in [2.05, 4.69) is 5.32 Å². The Bertz CT molecular complexity index is 605. The van der Waals surface area contributed by atoms with Gasteiger partial charge >= 0.3 is 12.0 Å². The van der Waals surface area contributed by atoms with Crippen LogP contribution in [0.3, 0.4) is 0 Å². The van der Waals surface area contributed by atoms with Crippen LogP contribution in [0.1, 0.15) is 24.8 Å². The Balaban J connectivity index is 2.31. The monoisotopic (exact) mass is 336 g/mol. The number of urea groups is 1. The molecule has 7 nitrogen and oxygen atoms in total. The van der Waals surface area contributed by atoms with Crippen LogP contribution in [0.2, 0.25) is 0 Å². The van der Waals surface area contributed by atoms with E-state index in [1.54, 1.807) is 17.0 Å². The minimum absolute atomic E-state index is 0.176. The van der Waals surface area contributed by atoms with Gasteiger partial charge in [0.2, 0.25) is 0 Å². The van der Waals surface area contributed by atoms with Crippen LogP contribution in [0.25, 0.3) is 0 Å². The highest BCUT2D eigenvalue weighted by molar-refractivity contribution is 5.78. The molecule has 1 heterocycles. The summed E-state index contributed by atoms with van der Waals surface area (Å²) < 4.78 is 10.7. The molecule has 2 amide bonds. The van der Waals surface area contributed by atoms with E-state index in [0.29, 0.717) is 24.6 Å². The van der Waals surface area contributed by atoms with Crippen molar-refractivity contribution in [3.8, 4) is 11.5 Å². The molecule has 7 heteroatoms. The smallest absolute Gasteiger partial charge is 0.317 e. The number of rotatable bonds is 6. The van der Waals surface area contributed by atoms with Gasteiger partial charge in [0.05, 0.1) is 20.1 Å². The number of ether oxygens (including phenoxy) is 2. The summed E-state index contributed by atoms with van der Waals surface area (Å²) in [4.78, 5) is 25.4. The molecular formula is C17H24N2O5.